The van der Waals surface area contributed by atoms with E-state index in [1.54, 1.807) is 10.6 Å². The first-order chi connectivity index (χ1) is 20.2. The van der Waals surface area contributed by atoms with E-state index in [2.05, 4.69) is 19.1 Å². The van der Waals surface area contributed by atoms with Gasteiger partial charge in [0.25, 0.3) is 11.5 Å². The van der Waals surface area contributed by atoms with Crippen molar-refractivity contribution in [2.45, 2.75) is 46.5 Å². The number of carbonyl (C=O) groups is 1. The largest absolute Gasteiger partial charge is 0.378 e. The molecule has 6 nitrogen and oxygen atoms in total. The Morgan fingerprint density at radius 1 is 1.05 bits per heavy atom. The van der Waals surface area contributed by atoms with Crippen LogP contribution in [0.15, 0.2) is 64.3 Å². The van der Waals surface area contributed by atoms with Gasteiger partial charge in [-0.3, -0.25) is 14.2 Å². The summed E-state index contributed by atoms with van der Waals surface area (Å²) >= 11 is 7.52. The van der Waals surface area contributed by atoms with Crippen molar-refractivity contribution in [3.8, 4) is 27.5 Å². The molecule has 8 heteroatoms. The molecule has 0 saturated carbocycles. The Labute approximate surface area is 256 Å². The quantitative estimate of drug-likeness (QED) is 0.216. The van der Waals surface area contributed by atoms with Gasteiger partial charge >= 0.3 is 0 Å². The van der Waals surface area contributed by atoms with E-state index in [0.717, 1.165) is 72.5 Å². The number of allylic oxidation sites excluding steroid dienone is 1. The smallest absolute Gasteiger partial charge is 0.265 e. The summed E-state index contributed by atoms with van der Waals surface area (Å²) in [4.78, 5) is 37.7. The second kappa shape index (κ2) is 12.7. The highest BCUT2D eigenvalue weighted by Crippen LogP contribution is 2.32. The van der Waals surface area contributed by atoms with Crippen LogP contribution >= 0.6 is 22.9 Å². The standard InChI is InChI=1S/C34H37ClN4O2S/c1-6-23-12-15-26(37(4)5)19-30(23)39-31(18-22(2)3)27(33(40)38-16-8-7-9-17-38)20-28(34(39)41)32-36-29(21-42-32)24-10-13-25(35)14-11-24/h10-15,18-21H,6-9,16-17H2,1-5H3. The van der Waals surface area contributed by atoms with Gasteiger partial charge in [-0.25, -0.2) is 4.98 Å². The van der Waals surface area contributed by atoms with Crippen molar-refractivity contribution in [2.75, 3.05) is 32.1 Å². The Bertz CT molecular complexity index is 1690. The maximum absolute atomic E-state index is 14.6. The van der Waals surface area contributed by atoms with Crippen molar-refractivity contribution in [1.82, 2.24) is 14.5 Å². The molecule has 1 amide bonds. The molecule has 2 aromatic carbocycles. The molecule has 4 aromatic rings. The lowest BCUT2D eigenvalue weighted by molar-refractivity contribution is 0.0723. The van der Waals surface area contributed by atoms with Crippen molar-refractivity contribution in [3.05, 3.63) is 91.7 Å². The van der Waals surface area contributed by atoms with E-state index in [4.69, 9.17) is 16.6 Å². The first-order valence-electron chi connectivity index (χ1n) is 14.4. The third kappa shape index (κ3) is 6.08. The van der Waals surface area contributed by atoms with E-state index in [-0.39, 0.29) is 11.5 Å². The van der Waals surface area contributed by atoms with Crippen molar-refractivity contribution in [3.63, 3.8) is 0 Å². The van der Waals surface area contributed by atoms with E-state index in [0.29, 0.717) is 26.9 Å². The Hall–Kier alpha value is -3.68. The maximum atomic E-state index is 14.6. The number of carbonyl (C=O) groups excluding carboxylic acids is 1. The third-order valence-electron chi connectivity index (χ3n) is 7.62. The number of aromatic nitrogens is 2. The number of likely N-dealkylation sites (tertiary alicyclic amines) is 1. The number of hydrogen-bond donors (Lipinski definition) is 0. The topological polar surface area (TPSA) is 58.4 Å². The summed E-state index contributed by atoms with van der Waals surface area (Å²) in [6.07, 6.45) is 5.79. The van der Waals surface area contributed by atoms with E-state index < -0.39 is 0 Å². The Kier molecular flexibility index (Phi) is 8.99. The molecule has 0 unspecified atom stereocenters. The van der Waals surface area contributed by atoms with Crippen LogP contribution in [0.4, 0.5) is 5.69 Å². The predicted octanol–water partition coefficient (Wildman–Crippen LogP) is 7.96. The van der Waals surface area contributed by atoms with Crippen LogP contribution in [0.3, 0.4) is 0 Å². The van der Waals surface area contributed by atoms with Crippen molar-refractivity contribution >= 4 is 40.6 Å². The molecule has 0 atom stereocenters. The van der Waals surface area contributed by atoms with Gasteiger partial charge in [0, 0.05) is 48.8 Å². The highest BCUT2D eigenvalue weighted by Gasteiger charge is 2.27. The van der Waals surface area contributed by atoms with Crippen LogP contribution in [0, 0.1) is 0 Å². The molecule has 218 valence electrons. The van der Waals surface area contributed by atoms with Crippen LogP contribution in [-0.2, 0) is 6.42 Å². The maximum Gasteiger partial charge on any atom is 0.265 e. The molecule has 0 bridgehead atoms. The monoisotopic (exact) mass is 600 g/mol. The zero-order valence-corrected chi connectivity index (χ0v) is 26.5. The highest BCUT2D eigenvalue weighted by molar-refractivity contribution is 7.13. The van der Waals surface area contributed by atoms with Crippen LogP contribution in [0.1, 0.15) is 61.6 Å². The Balaban J connectivity index is 1.81. The van der Waals surface area contributed by atoms with Crippen LogP contribution in [0.5, 0.6) is 0 Å². The molecule has 0 spiro atoms. The summed E-state index contributed by atoms with van der Waals surface area (Å²) in [6, 6.07) is 15.5. The number of nitrogens with zero attached hydrogens (tertiary/aromatic N) is 4. The summed E-state index contributed by atoms with van der Waals surface area (Å²) in [7, 11) is 3.97. The fraction of sp³-hybridized carbons (Fsp3) is 0.324. The predicted molar refractivity (Wildman–Crippen MR) is 176 cm³/mol. The van der Waals surface area contributed by atoms with Gasteiger partial charge in [-0.2, -0.15) is 0 Å². The molecule has 1 aliphatic rings. The highest BCUT2D eigenvalue weighted by atomic mass is 35.5. The fourth-order valence-electron chi connectivity index (χ4n) is 5.37. The van der Waals surface area contributed by atoms with Gasteiger partial charge in [-0.15, -0.1) is 11.3 Å². The van der Waals surface area contributed by atoms with Gasteiger partial charge in [0.05, 0.1) is 28.2 Å². The van der Waals surface area contributed by atoms with Gasteiger partial charge < -0.3 is 9.80 Å². The number of rotatable bonds is 7. The Morgan fingerprint density at radius 2 is 1.76 bits per heavy atom. The number of piperidine rings is 1. The van der Waals surface area contributed by atoms with Gasteiger partial charge in [-0.05, 0) is 81.5 Å². The van der Waals surface area contributed by atoms with Gasteiger partial charge in [0.1, 0.15) is 5.01 Å². The molecule has 1 fully saturated rings. The van der Waals surface area contributed by atoms with Gasteiger partial charge in [0.2, 0.25) is 0 Å². The molecule has 2 aromatic heterocycles. The summed E-state index contributed by atoms with van der Waals surface area (Å²) in [5.41, 5.74) is 6.83. The molecule has 1 aliphatic heterocycles. The first kappa shape index (κ1) is 29.8. The summed E-state index contributed by atoms with van der Waals surface area (Å²) < 4.78 is 1.74. The van der Waals surface area contributed by atoms with Crippen LogP contribution < -0.4 is 10.5 Å². The third-order valence-corrected chi connectivity index (χ3v) is 8.75. The molecule has 0 N–H and O–H groups in total. The minimum Gasteiger partial charge on any atom is -0.378 e. The zero-order valence-electron chi connectivity index (χ0n) is 24.9. The number of amides is 1. The summed E-state index contributed by atoms with van der Waals surface area (Å²) in [5.74, 6) is -0.0477. The van der Waals surface area contributed by atoms with Crippen LogP contribution in [0.25, 0.3) is 33.6 Å². The molecular weight excluding hydrogens is 564 g/mol. The van der Waals surface area contributed by atoms with E-state index >= 15 is 0 Å². The summed E-state index contributed by atoms with van der Waals surface area (Å²) in [6.45, 7) is 7.51. The minimum absolute atomic E-state index is 0.0477. The molecule has 3 heterocycles. The Morgan fingerprint density at radius 3 is 2.40 bits per heavy atom. The average molecular weight is 601 g/mol. The van der Waals surface area contributed by atoms with Crippen molar-refractivity contribution < 1.29 is 4.79 Å². The number of benzene rings is 2. The van der Waals surface area contributed by atoms with Crippen molar-refractivity contribution in [1.29, 1.82) is 0 Å². The molecule has 5 rings (SSSR count). The minimum atomic E-state index is -0.194. The number of thiazole rings is 1. The summed E-state index contributed by atoms with van der Waals surface area (Å²) in [5, 5.41) is 3.18. The average Bonchev–Trinajstić information content (AvgIpc) is 3.47. The van der Waals surface area contributed by atoms with E-state index in [1.165, 1.54) is 11.3 Å². The number of pyridine rings is 1. The lowest BCUT2D eigenvalue weighted by atomic mass is 10.0. The molecule has 42 heavy (non-hydrogen) atoms. The number of aryl methyl sites for hydroxylation is 1. The van der Waals surface area contributed by atoms with E-state index in [1.807, 2.05) is 79.5 Å². The number of hydrogen-bond acceptors (Lipinski definition) is 5. The number of anilines is 1. The lowest BCUT2D eigenvalue weighted by Gasteiger charge is -2.28. The second-order valence-corrected chi connectivity index (χ2v) is 12.5. The molecule has 0 radical (unpaired) electrons. The first-order valence-corrected chi connectivity index (χ1v) is 15.7. The number of halogens is 1. The van der Waals surface area contributed by atoms with Gasteiger partial charge in [0.15, 0.2) is 0 Å². The zero-order chi connectivity index (χ0) is 30.0. The van der Waals surface area contributed by atoms with E-state index in [9.17, 15) is 9.59 Å². The molecule has 0 aliphatic carbocycles. The second-order valence-electron chi connectivity index (χ2n) is 11.2. The van der Waals surface area contributed by atoms with Crippen LogP contribution in [0.2, 0.25) is 5.02 Å². The molecule has 1 saturated heterocycles. The normalized spacial score (nSPS) is 13.2. The van der Waals surface area contributed by atoms with Gasteiger partial charge in [-0.1, -0.05) is 42.3 Å². The molecular formula is C34H37ClN4O2S. The van der Waals surface area contributed by atoms with Crippen molar-refractivity contribution in [2.24, 2.45) is 0 Å². The van der Waals surface area contributed by atoms with Crippen LogP contribution in [-0.4, -0.2) is 47.5 Å². The SMILES string of the molecule is CCc1ccc(N(C)C)cc1-n1c(C=C(C)C)c(C(=O)N2CCCCC2)cc(-c2nc(-c3ccc(Cl)cc3)cs2)c1=O. The lowest BCUT2D eigenvalue weighted by Crippen LogP contribution is -2.37. The fourth-order valence-corrected chi connectivity index (χ4v) is 6.33.